The van der Waals surface area contributed by atoms with E-state index in [4.69, 9.17) is 16.3 Å². The predicted molar refractivity (Wildman–Crippen MR) is 128 cm³/mol. The van der Waals surface area contributed by atoms with Gasteiger partial charge in [-0.25, -0.2) is 4.98 Å². The summed E-state index contributed by atoms with van der Waals surface area (Å²) in [5.74, 6) is 0.0621. The minimum absolute atomic E-state index is 0.138. The van der Waals surface area contributed by atoms with Crippen LogP contribution in [0.5, 0.6) is 0 Å². The molecule has 1 N–H and O–H groups in total. The number of carbonyl (C=O) groups is 1. The van der Waals surface area contributed by atoms with Crippen LogP contribution in [0.4, 0.5) is 5.13 Å². The number of aromatic nitrogens is 4. The van der Waals surface area contributed by atoms with Gasteiger partial charge in [0.25, 0.3) is 0 Å². The number of thiazole rings is 1. The lowest BCUT2D eigenvalue weighted by Crippen LogP contribution is -2.44. The minimum atomic E-state index is -0.138. The molecule has 170 valence electrons. The second kappa shape index (κ2) is 10.3. The minimum Gasteiger partial charge on any atom is -0.373 e. The van der Waals surface area contributed by atoms with Crippen molar-refractivity contribution in [1.82, 2.24) is 24.6 Å². The first-order valence-corrected chi connectivity index (χ1v) is 12.5. The van der Waals surface area contributed by atoms with Gasteiger partial charge in [0, 0.05) is 30.0 Å². The molecule has 3 heterocycles. The van der Waals surface area contributed by atoms with Crippen molar-refractivity contribution >= 4 is 45.7 Å². The van der Waals surface area contributed by atoms with Crippen LogP contribution in [0.2, 0.25) is 5.02 Å². The molecule has 4 rings (SSSR count). The predicted octanol–water partition coefficient (Wildman–Crippen LogP) is 4.03. The lowest BCUT2D eigenvalue weighted by molar-refractivity contribution is -0.113. The zero-order valence-corrected chi connectivity index (χ0v) is 20.5. The first-order chi connectivity index (χ1) is 15.4. The highest BCUT2D eigenvalue weighted by Gasteiger charge is 2.23. The summed E-state index contributed by atoms with van der Waals surface area (Å²) in [4.78, 5) is 19.4. The zero-order valence-electron chi connectivity index (χ0n) is 18.1. The van der Waals surface area contributed by atoms with Crippen LogP contribution in [0.15, 0.2) is 35.1 Å². The SMILES string of the molecule is Cc1ccc(-n2cnnc2SCC(=O)Nc2nc(CN3CC(C)OC(C)C3)cs2)cc1Cl. The third kappa shape index (κ3) is 5.87. The number of anilines is 1. The van der Waals surface area contributed by atoms with E-state index in [9.17, 15) is 4.79 Å². The number of rotatable bonds is 7. The topological polar surface area (TPSA) is 85.2 Å². The van der Waals surface area contributed by atoms with Gasteiger partial charge in [0.1, 0.15) is 6.33 Å². The van der Waals surface area contributed by atoms with Crippen LogP contribution in [0, 0.1) is 6.92 Å². The fourth-order valence-electron chi connectivity index (χ4n) is 3.60. The Balaban J connectivity index is 1.31. The van der Waals surface area contributed by atoms with Crippen LogP contribution in [0.3, 0.4) is 0 Å². The summed E-state index contributed by atoms with van der Waals surface area (Å²) in [7, 11) is 0. The highest BCUT2D eigenvalue weighted by molar-refractivity contribution is 7.99. The van der Waals surface area contributed by atoms with Gasteiger partial charge in [-0.05, 0) is 38.5 Å². The molecule has 1 aliphatic rings. The van der Waals surface area contributed by atoms with Crippen molar-refractivity contribution in [1.29, 1.82) is 0 Å². The third-order valence-corrected chi connectivity index (χ3v) is 7.12. The van der Waals surface area contributed by atoms with Crippen LogP contribution >= 0.6 is 34.7 Å². The van der Waals surface area contributed by atoms with Crippen molar-refractivity contribution in [2.45, 2.75) is 44.7 Å². The molecule has 11 heteroatoms. The molecule has 1 saturated heterocycles. The quantitative estimate of drug-likeness (QED) is 0.498. The van der Waals surface area contributed by atoms with Gasteiger partial charge in [-0.2, -0.15) is 0 Å². The molecule has 2 atom stereocenters. The van der Waals surface area contributed by atoms with E-state index >= 15 is 0 Å². The van der Waals surface area contributed by atoms with E-state index in [0.29, 0.717) is 15.3 Å². The molecule has 1 aliphatic heterocycles. The smallest absolute Gasteiger partial charge is 0.236 e. The number of nitrogens with one attached hydrogen (secondary N) is 1. The van der Waals surface area contributed by atoms with Crippen LogP contribution in [-0.4, -0.2) is 61.6 Å². The van der Waals surface area contributed by atoms with Gasteiger partial charge >= 0.3 is 0 Å². The van der Waals surface area contributed by atoms with Crippen molar-refractivity contribution in [3.8, 4) is 5.69 Å². The Morgan fingerprint density at radius 1 is 1.34 bits per heavy atom. The maximum Gasteiger partial charge on any atom is 0.236 e. The number of morpholine rings is 1. The van der Waals surface area contributed by atoms with Gasteiger partial charge in [0.15, 0.2) is 10.3 Å². The van der Waals surface area contributed by atoms with Crippen LogP contribution < -0.4 is 5.32 Å². The molecule has 1 aromatic carbocycles. The molecule has 0 bridgehead atoms. The van der Waals surface area contributed by atoms with E-state index < -0.39 is 0 Å². The largest absolute Gasteiger partial charge is 0.373 e. The van der Waals surface area contributed by atoms with Crippen LogP contribution in [0.25, 0.3) is 5.69 Å². The van der Waals surface area contributed by atoms with Crippen molar-refractivity contribution in [3.63, 3.8) is 0 Å². The number of hydrogen-bond acceptors (Lipinski definition) is 8. The normalized spacial score (nSPS) is 19.2. The first-order valence-electron chi connectivity index (χ1n) is 10.3. The molecule has 32 heavy (non-hydrogen) atoms. The fraction of sp³-hybridized carbons (Fsp3) is 0.429. The summed E-state index contributed by atoms with van der Waals surface area (Å²) < 4.78 is 7.59. The molecule has 3 aromatic rings. The lowest BCUT2D eigenvalue weighted by atomic mass is 10.2. The zero-order chi connectivity index (χ0) is 22.7. The standard InChI is InChI=1S/C21H25ClN6O2S2/c1-13-4-5-17(6-18(13)22)28-12-23-26-21(28)32-11-19(29)25-20-24-16(10-31-20)9-27-7-14(2)30-15(3)8-27/h4-6,10,12,14-15H,7-9,11H2,1-3H3,(H,24,25,29). The highest BCUT2D eigenvalue weighted by Crippen LogP contribution is 2.24. The Morgan fingerprint density at radius 3 is 2.88 bits per heavy atom. The van der Waals surface area contributed by atoms with E-state index in [1.54, 1.807) is 6.33 Å². The van der Waals surface area contributed by atoms with Crippen molar-refractivity contribution in [2.24, 2.45) is 0 Å². The van der Waals surface area contributed by atoms with E-state index in [0.717, 1.165) is 36.6 Å². The van der Waals surface area contributed by atoms with Gasteiger partial charge in [-0.15, -0.1) is 21.5 Å². The summed E-state index contributed by atoms with van der Waals surface area (Å²) >= 11 is 8.99. The van der Waals surface area contributed by atoms with Crippen LogP contribution in [-0.2, 0) is 16.1 Å². The Kier molecular flexibility index (Phi) is 7.47. The van der Waals surface area contributed by atoms with Gasteiger partial charge < -0.3 is 10.1 Å². The van der Waals surface area contributed by atoms with Crippen LogP contribution in [0.1, 0.15) is 25.1 Å². The molecule has 1 amide bonds. The summed E-state index contributed by atoms with van der Waals surface area (Å²) in [5.41, 5.74) is 2.80. The molecule has 8 nitrogen and oxygen atoms in total. The van der Waals surface area contributed by atoms with E-state index in [2.05, 4.69) is 39.2 Å². The van der Waals surface area contributed by atoms with Crippen molar-refractivity contribution < 1.29 is 9.53 Å². The second-order valence-electron chi connectivity index (χ2n) is 7.85. The Hall–Kier alpha value is -1.98. The molecule has 0 aliphatic carbocycles. The molecular formula is C21H25ClN6O2S2. The number of halogens is 1. The monoisotopic (exact) mass is 492 g/mol. The average molecular weight is 493 g/mol. The fourth-order valence-corrected chi connectivity index (χ4v) is 5.22. The lowest BCUT2D eigenvalue weighted by Gasteiger charge is -2.34. The van der Waals surface area contributed by atoms with E-state index in [1.807, 2.05) is 35.1 Å². The number of hydrogen-bond donors (Lipinski definition) is 1. The number of ether oxygens (including phenoxy) is 1. The Morgan fingerprint density at radius 2 is 2.12 bits per heavy atom. The van der Waals surface area contributed by atoms with Gasteiger partial charge in [0.05, 0.1) is 29.3 Å². The molecule has 0 saturated carbocycles. The number of benzene rings is 1. The molecule has 0 spiro atoms. The number of aryl methyl sites for hydroxylation is 1. The first kappa shape index (κ1) is 23.2. The Bertz CT molecular complexity index is 1080. The van der Waals surface area contributed by atoms with Crippen molar-refractivity contribution in [3.05, 3.63) is 46.2 Å². The number of nitrogens with zero attached hydrogens (tertiary/aromatic N) is 5. The molecule has 0 radical (unpaired) electrons. The van der Waals surface area contributed by atoms with Crippen molar-refractivity contribution in [2.75, 3.05) is 24.2 Å². The molecular weight excluding hydrogens is 468 g/mol. The summed E-state index contributed by atoms with van der Waals surface area (Å²) in [6.45, 7) is 8.63. The van der Waals surface area contributed by atoms with Gasteiger partial charge in [-0.3, -0.25) is 14.3 Å². The maximum atomic E-state index is 12.5. The second-order valence-corrected chi connectivity index (χ2v) is 10.1. The summed E-state index contributed by atoms with van der Waals surface area (Å²) in [6, 6.07) is 5.75. The number of thioether (sulfide) groups is 1. The third-order valence-electron chi connectivity index (χ3n) is 4.96. The number of carbonyl (C=O) groups excluding carboxylic acids is 1. The summed E-state index contributed by atoms with van der Waals surface area (Å²) in [6.07, 6.45) is 2.04. The molecule has 2 aromatic heterocycles. The average Bonchev–Trinajstić information content (AvgIpc) is 3.37. The van der Waals surface area contributed by atoms with Gasteiger partial charge in [-0.1, -0.05) is 29.4 Å². The summed E-state index contributed by atoms with van der Waals surface area (Å²) in [5, 5.41) is 14.9. The molecule has 1 fully saturated rings. The number of amides is 1. The van der Waals surface area contributed by atoms with E-state index in [1.165, 1.54) is 23.1 Å². The maximum absolute atomic E-state index is 12.5. The van der Waals surface area contributed by atoms with E-state index in [-0.39, 0.29) is 23.9 Å². The Labute approximate surface area is 200 Å². The molecule has 2 unspecified atom stereocenters. The highest BCUT2D eigenvalue weighted by atomic mass is 35.5. The van der Waals surface area contributed by atoms with Gasteiger partial charge in [0.2, 0.25) is 5.91 Å².